The van der Waals surface area contributed by atoms with Crippen molar-refractivity contribution >= 4 is 34.8 Å². The van der Waals surface area contributed by atoms with Crippen LogP contribution >= 0.6 is 11.6 Å². The van der Waals surface area contributed by atoms with Gasteiger partial charge in [-0.15, -0.1) is 0 Å². The van der Waals surface area contributed by atoms with E-state index in [2.05, 4.69) is 5.32 Å². The average molecular weight is 353 g/mol. The van der Waals surface area contributed by atoms with Crippen LogP contribution in [0, 0.1) is 18.6 Å². The van der Waals surface area contributed by atoms with Crippen molar-refractivity contribution in [3.63, 3.8) is 0 Å². The Morgan fingerprint density at radius 1 is 1.17 bits per heavy atom. The Kier molecular flexibility index (Phi) is 5.51. The molecule has 4 nitrogen and oxygen atoms in total. The van der Waals surface area contributed by atoms with Gasteiger partial charge in [-0.2, -0.15) is 0 Å². The van der Waals surface area contributed by atoms with Crippen molar-refractivity contribution in [2.24, 2.45) is 0 Å². The summed E-state index contributed by atoms with van der Waals surface area (Å²) in [4.78, 5) is 25.0. The second-order valence-electron chi connectivity index (χ2n) is 5.16. The third kappa shape index (κ3) is 4.08. The lowest BCUT2D eigenvalue weighted by Crippen LogP contribution is -2.36. The molecule has 1 N–H and O–H groups in total. The summed E-state index contributed by atoms with van der Waals surface area (Å²) in [6.45, 7) is 2.64. The fraction of sp³-hybridized carbons (Fsp3) is 0.176. The van der Waals surface area contributed by atoms with Gasteiger partial charge >= 0.3 is 0 Å². The number of benzene rings is 2. The zero-order valence-electron chi connectivity index (χ0n) is 13.1. The quantitative estimate of drug-likeness (QED) is 0.906. The molecule has 126 valence electrons. The van der Waals surface area contributed by atoms with Crippen LogP contribution in [0.15, 0.2) is 36.4 Å². The first-order valence-corrected chi connectivity index (χ1v) is 7.45. The summed E-state index contributed by atoms with van der Waals surface area (Å²) < 4.78 is 26.4. The third-order valence-electron chi connectivity index (χ3n) is 3.44. The van der Waals surface area contributed by atoms with E-state index in [1.54, 1.807) is 25.1 Å². The maximum absolute atomic E-state index is 13.4. The number of rotatable bonds is 4. The summed E-state index contributed by atoms with van der Waals surface area (Å²) in [6, 6.07) is 8.06. The molecule has 2 aromatic rings. The van der Waals surface area contributed by atoms with Gasteiger partial charge in [-0.3, -0.25) is 9.59 Å². The second-order valence-corrected chi connectivity index (χ2v) is 5.57. The van der Waals surface area contributed by atoms with E-state index in [-0.39, 0.29) is 12.2 Å². The molecule has 0 aliphatic carbocycles. The van der Waals surface area contributed by atoms with Crippen LogP contribution in [-0.4, -0.2) is 18.4 Å². The molecule has 0 bridgehead atoms. The number of hydrogen-bond acceptors (Lipinski definition) is 2. The fourth-order valence-corrected chi connectivity index (χ4v) is 2.29. The topological polar surface area (TPSA) is 49.4 Å². The van der Waals surface area contributed by atoms with Gasteiger partial charge in [-0.1, -0.05) is 17.7 Å². The molecule has 0 spiro atoms. The number of carbonyl (C=O) groups is 2. The number of anilines is 2. The lowest BCUT2D eigenvalue weighted by molar-refractivity contribution is -0.120. The van der Waals surface area contributed by atoms with E-state index < -0.39 is 23.4 Å². The largest absolute Gasteiger partial charge is 0.324 e. The highest BCUT2D eigenvalue weighted by atomic mass is 35.5. The van der Waals surface area contributed by atoms with Crippen molar-refractivity contribution in [2.75, 3.05) is 16.8 Å². The summed E-state index contributed by atoms with van der Waals surface area (Å²) >= 11 is 5.99. The molecular weight excluding hydrogens is 338 g/mol. The molecule has 0 atom stereocenters. The van der Waals surface area contributed by atoms with Gasteiger partial charge in [0, 0.05) is 29.4 Å². The standard InChI is InChI=1S/C17H15ClF2N2O2/c1-10-13(18)4-3-5-16(10)21-17(24)9-22(11(2)23)12-6-7-14(19)15(20)8-12/h3-8H,9H2,1-2H3,(H,21,24). The van der Waals surface area contributed by atoms with Crippen molar-refractivity contribution in [1.29, 1.82) is 0 Å². The molecule has 0 aliphatic heterocycles. The van der Waals surface area contributed by atoms with Crippen LogP contribution < -0.4 is 10.2 Å². The normalized spacial score (nSPS) is 10.4. The molecule has 0 unspecified atom stereocenters. The zero-order valence-corrected chi connectivity index (χ0v) is 13.8. The van der Waals surface area contributed by atoms with Crippen LogP contribution in [0.25, 0.3) is 0 Å². The summed E-state index contributed by atoms with van der Waals surface area (Å²) in [7, 11) is 0. The maximum Gasteiger partial charge on any atom is 0.244 e. The lowest BCUT2D eigenvalue weighted by atomic mass is 10.2. The van der Waals surface area contributed by atoms with Gasteiger partial charge in [0.05, 0.1) is 0 Å². The number of halogens is 3. The smallest absolute Gasteiger partial charge is 0.244 e. The average Bonchev–Trinajstić information content (AvgIpc) is 2.52. The van der Waals surface area contributed by atoms with E-state index in [0.717, 1.165) is 17.0 Å². The highest BCUT2D eigenvalue weighted by molar-refractivity contribution is 6.31. The molecule has 2 rings (SSSR count). The Labute approximate surface area is 143 Å². The van der Waals surface area contributed by atoms with E-state index in [0.29, 0.717) is 16.3 Å². The van der Waals surface area contributed by atoms with Crippen LogP contribution in [0.5, 0.6) is 0 Å². The first-order chi connectivity index (χ1) is 11.3. The minimum absolute atomic E-state index is 0.0966. The Balaban J connectivity index is 2.18. The van der Waals surface area contributed by atoms with Gasteiger partial charge in [0.2, 0.25) is 11.8 Å². The van der Waals surface area contributed by atoms with Crippen LogP contribution in [0.1, 0.15) is 12.5 Å². The molecule has 0 heterocycles. The van der Waals surface area contributed by atoms with Gasteiger partial charge in [0.25, 0.3) is 0 Å². The summed E-state index contributed by atoms with van der Waals surface area (Å²) in [5.74, 6) is -3.08. The Morgan fingerprint density at radius 3 is 2.50 bits per heavy atom. The SMILES string of the molecule is CC(=O)N(CC(=O)Nc1cccc(Cl)c1C)c1ccc(F)c(F)c1. The van der Waals surface area contributed by atoms with Crippen LogP contribution in [0.3, 0.4) is 0 Å². The van der Waals surface area contributed by atoms with Crippen molar-refractivity contribution in [3.05, 3.63) is 58.6 Å². The van der Waals surface area contributed by atoms with E-state index in [4.69, 9.17) is 11.6 Å². The van der Waals surface area contributed by atoms with Crippen molar-refractivity contribution in [3.8, 4) is 0 Å². The molecule has 0 saturated carbocycles. The third-order valence-corrected chi connectivity index (χ3v) is 3.85. The summed E-state index contributed by atoms with van der Waals surface area (Å²) in [6.07, 6.45) is 0. The molecular formula is C17H15ClF2N2O2. The molecule has 0 radical (unpaired) electrons. The second kappa shape index (κ2) is 7.40. The van der Waals surface area contributed by atoms with Gasteiger partial charge in [-0.05, 0) is 36.8 Å². The molecule has 2 amide bonds. The van der Waals surface area contributed by atoms with Gasteiger partial charge in [-0.25, -0.2) is 8.78 Å². The minimum atomic E-state index is -1.09. The molecule has 7 heteroatoms. The predicted molar refractivity (Wildman–Crippen MR) is 89.2 cm³/mol. The number of nitrogens with one attached hydrogen (secondary N) is 1. The highest BCUT2D eigenvalue weighted by Gasteiger charge is 2.18. The molecule has 24 heavy (non-hydrogen) atoms. The molecule has 2 aromatic carbocycles. The molecule has 0 aromatic heterocycles. The van der Waals surface area contributed by atoms with Gasteiger partial charge in [0.15, 0.2) is 11.6 Å². The monoisotopic (exact) mass is 352 g/mol. The highest BCUT2D eigenvalue weighted by Crippen LogP contribution is 2.23. The number of hydrogen-bond donors (Lipinski definition) is 1. The molecule has 0 fully saturated rings. The summed E-state index contributed by atoms with van der Waals surface area (Å²) in [5.41, 5.74) is 1.30. The lowest BCUT2D eigenvalue weighted by Gasteiger charge is -2.21. The molecule has 0 saturated heterocycles. The number of carbonyl (C=O) groups excluding carboxylic acids is 2. The maximum atomic E-state index is 13.4. The first kappa shape index (κ1) is 17.9. The molecule has 0 aliphatic rings. The Hall–Kier alpha value is -2.47. The van der Waals surface area contributed by atoms with Gasteiger partial charge < -0.3 is 10.2 Å². The first-order valence-electron chi connectivity index (χ1n) is 7.07. The van der Waals surface area contributed by atoms with Crippen molar-refractivity contribution in [1.82, 2.24) is 0 Å². The van der Waals surface area contributed by atoms with Crippen LogP contribution in [-0.2, 0) is 9.59 Å². The van der Waals surface area contributed by atoms with E-state index in [1.165, 1.54) is 13.0 Å². The predicted octanol–water partition coefficient (Wildman–Crippen LogP) is 3.92. The fourth-order valence-electron chi connectivity index (χ4n) is 2.11. The minimum Gasteiger partial charge on any atom is -0.324 e. The van der Waals surface area contributed by atoms with E-state index in [1.807, 2.05) is 0 Å². The van der Waals surface area contributed by atoms with Gasteiger partial charge in [0.1, 0.15) is 6.54 Å². The van der Waals surface area contributed by atoms with Crippen molar-refractivity contribution in [2.45, 2.75) is 13.8 Å². The number of nitrogens with zero attached hydrogens (tertiary/aromatic N) is 1. The van der Waals surface area contributed by atoms with Crippen LogP contribution in [0.2, 0.25) is 5.02 Å². The van der Waals surface area contributed by atoms with Crippen molar-refractivity contribution < 1.29 is 18.4 Å². The number of amides is 2. The summed E-state index contributed by atoms with van der Waals surface area (Å²) in [5, 5.41) is 3.14. The van der Waals surface area contributed by atoms with Crippen LogP contribution in [0.4, 0.5) is 20.2 Å². The Bertz CT molecular complexity index is 796. The zero-order chi connectivity index (χ0) is 17.9. The Morgan fingerprint density at radius 2 is 1.88 bits per heavy atom. The van der Waals surface area contributed by atoms with E-state index >= 15 is 0 Å². The van der Waals surface area contributed by atoms with E-state index in [9.17, 15) is 18.4 Å².